The Kier molecular flexibility index (Phi) is 8.81. The van der Waals surface area contributed by atoms with E-state index in [2.05, 4.69) is 10.6 Å². The zero-order valence-electron chi connectivity index (χ0n) is 20.5. The highest BCUT2D eigenvalue weighted by molar-refractivity contribution is 7.98. The van der Waals surface area contributed by atoms with Crippen LogP contribution in [0.25, 0.3) is 22.3 Å². The summed E-state index contributed by atoms with van der Waals surface area (Å²) in [6.45, 7) is 4.28. The monoisotopic (exact) mass is 502 g/mol. The van der Waals surface area contributed by atoms with Crippen molar-refractivity contribution in [3.05, 3.63) is 94.1 Å². The molecule has 4 aromatic rings. The minimum atomic E-state index is -0.261. The van der Waals surface area contributed by atoms with E-state index in [0.717, 1.165) is 29.2 Å². The minimum absolute atomic E-state index is 0.128. The fraction of sp³-hybridized carbons (Fsp3) is 0.241. The number of carbonyl (C=O) groups is 1. The van der Waals surface area contributed by atoms with Gasteiger partial charge >= 0.3 is 0 Å². The van der Waals surface area contributed by atoms with Crippen LogP contribution in [-0.4, -0.2) is 38.4 Å². The lowest BCUT2D eigenvalue weighted by atomic mass is 10.0. The van der Waals surface area contributed by atoms with Gasteiger partial charge in [-0.25, -0.2) is 0 Å². The number of ether oxygens (including phenoxy) is 1. The van der Waals surface area contributed by atoms with Crippen LogP contribution in [-0.2, 0) is 0 Å². The number of hydrogen-bond donors (Lipinski definition) is 2. The van der Waals surface area contributed by atoms with Crippen molar-refractivity contribution < 1.29 is 13.9 Å². The summed E-state index contributed by atoms with van der Waals surface area (Å²) in [6.07, 6.45) is 2.79. The third-order valence-electron chi connectivity index (χ3n) is 5.85. The van der Waals surface area contributed by atoms with Crippen molar-refractivity contribution in [2.75, 3.05) is 32.5 Å². The van der Waals surface area contributed by atoms with Crippen LogP contribution in [0.4, 0.5) is 0 Å². The van der Waals surface area contributed by atoms with E-state index in [9.17, 15) is 9.59 Å². The zero-order valence-corrected chi connectivity index (χ0v) is 21.3. The van der Waals surface area contributed by atoms with Crippen molar-refractivity contribution in [1.82, 2.24) is 10.6 Å². The van der Waals surface area contributed by atoms with Crippen LogP contribution in [0.15, 0.2) is 86.9 Å². The lowest BCUT2D eigenvalue weighted by molar-refractivity contribution is 0.0954. The molecule has 3 aromatic carbocycles. The predicted molar refractivity (Wildman–Crippen MR) is 146 cm³/mol. The second kappa shape index (κ2) is 12.4. The van der Waals surface area contributed by atoms with Gasteiger partial charge in [0.15, 0.2) is 11.0 Å². The minimum Gasteiger partial charge on any atom is -0.491 e. The fourth-order valence-electron chi connectivity index (χ4n) is 3.96. The number of carbonyl (C=O) groups excluding carboxylic acids is 1. The van der Waals surface area contributed by atoms with E-state index >= 15 is 0 Å². The van der Waals surface area contributed by atoms with Gasteiger partial charge in [0.2, 0.25) is 0 Å². The molecular formula is C29H30N2O4S. The van der Waals surface area contributed by atoms with E-state index in [-0.39, 0.29) is 11.3 Å². The van der Waals surface area contributed by atoms with E-state index in [0.29, 0.717) is 47.6 Å². The Labute approximate surface area is 215 Å². The number of amides is 1. The first-order chi connectivity index (χ1) is 17.6. The Balaban J connectivity index is 1.31. The Morgan fingerprint density at radius 2 is 1.72 bits per heavy atom. The van der Waals surface area contributed by atoms with Crippen LogP contribution in [0.1, 0.15) is 22.3 Å². The van der Waals surface area contributed by atoms with Gasteiger partial charge < -0.3 is 19.8 Å². The Hall–Kier alpha value is -3.55. The quantitative estimate of drug-likeness (QED) is 0.215. The third kappa shape index (κ3) is 5.98. The van der Waals surface area contributed by atoms with Gasteiger partial charge in [0.05, 0.1) is 10.9 Å². The second-order valence-corrected chi connectivity index (χ2v) is 9.14. The number of para-hydroxylation sites is 2. The SMILES string of the molecule is CSc1ccccc1OCCNCCCNC(=O)c1cccc2c(=O)c(C)c(-c3ccccc3)oc12. The first-order valence-corrected chi connectivity index (χ1v) is 13.2. The maximum Gasteiger partial charge on any atom is 0.255 e. The summed E-state index contributed by atoms with van der Waals surface area (Å²) in [4.78, 5) is 27.1. The molecule has 0 unspecified atom stereocenters. The van der Waals surface area contributed by atoms with Crippen LogP contribution in [0, 0.1) is 6.92 Å². The molecule has 0 aliphatic rings. The summed E-state index contributed by atoms with van der Waals surface area (Å²) in [5.74, 6) is 1.12. The van der Waals surface area contributed by atoms with Gasteiger partial charge in [0.25, 0.3) is 5.91 Å². The van der Waals surface area contributed by atoms with Crippen LogP contribution in [0.5, 0.6) is 5.75 Å². The summed E-state index contributed by atoms with van der Waals surface area (Å²) in [7, 11) is 0. The van der Waals surface area contributed by atoms with Crippen molar-refractivity contribution in [3.63, 3.8) is 0 Å². The van der Waals surface area contributed by atoms with E-state index in [1.54, 1.807) is 36.9 Å². The van der Waals surface area contributed by atoms with Crippen LogP contribution in [0.2, 0.25) is 0 Å². The molecule has 2 N–H and O–H groups in total. The number of fused-ring (bicyclic) bond motifs is 1. The largest absolute Gasteiger partial charge is 0.491 e. The van der Waals surface area contributed by atoms with Gasteiger partial charge in [-0.1, -0.05) is 48.5 Å². The van der Waals surface area contributed by atoms with E-state index in [1.807, 2.05) is 60.9 Å². The summed E-state index contributed by atoms with van der Waals surface area (Å²) >= 11 is 1.66. The van der Waals surface area contributed by atoms with E-state index in [4.69, 9.17) is 9.15 Å². The van der Waals surface area contributed by atoms with Crippen molar-refractivity contribution in [2.45, 2.75) is 18.2 Å². The smallest absolute Gasteiger partial charge is 0.255 e. The maximum absolute atomic E-state index is 13.0. The van der Waals surface area contributed by atoms with Crippen molar-refractivity contribution >= 4 is 28.6 Å². The number of thioether (sulfide) groups is 1. The molecule has 0 aliphatic carbocycles. The molecule has 0 atom stereocenters. The highest BCUT2D eigenvalue weighted by atomic mass is 32.2. The molecule has 186 valence electrons. The second-order valence-electron chi connectivity index (χ2n) is 8.29. The zero-order chi connectivity index (χ0) is 25.3. The first-order valence-electron chi connectivity index (χ1n) is 12.0. The lowest BCUT2D eigenvalue weighted by Crippen LogP contribution is -2.29. The van der Waals surface area contributed by atoms with Gasteiger partial charge in [0.1, 0.15) is 18.1 Å². The Morgan fingerprint density at radius 3 is 2.53 bits per heavy atom. The molecule has 7 heteroatoms. The number of nitrogens with one attached hydrogen (secondary N) is 2. The van der Waals surface area contributed by atoms with Crippen LogP contribution >= 0.6 is 11.8 Å². The molecule has 0 fully saturated rings. The van der Waals surface area contributed by atoms with Gasteiger partial charge in [-0.2, -0.15) is 0 Å². The van der Waals surface area contributed by atoms with Gasteiger partial charge in [0, 0.05) is 29.1 Å². The summed E-state index contributed by atoms with van der Waals surface area (Å²) in [6, 6.07) is 22.5. The normalized spacial score (nSPS) is 10.9. The number of hydrogen-bond acceptors (Lipinski definition) is 6. The Bertz CT molecular complexity index is 1390. The molecule has 0 radical (unpaired) electrons. The molecule has 0 saturated carbocycles. The Morgan fingerprint density at radius 1 is 0.944 bits per heavy atom. The highest BCUT2D eigenvalue weighted by Crippen LogP contribution is 2.28. The molecule has 1 heterocycles. The molecule has 1 aromatic heterocycles. The van der Waals surface area contributed by atoms with E-state index < -0.39 is 0 Å². The molecule has 0 saturated heterocycles. The molecule has 4 rings (SSSR count). The lowest BCUT2D eigenvalue weighted by Gasteiger charge is -2.12. The van der Waals surface area contributed by atoms with E-state index in [1.165, 1.54) is 0 Å². The van der Waals surface area contributed by atoms with Crippen molar-refractivity contribution in [2.24, 2.45) is 0 Å². The first kappa shape index (κ1) is 25.5. The van der Waals surface area contributed by atoms with Crippen LogP contribution in [0.3, 0.4) is 0 Å². The summed E-state index contributed by atoms with van der Waals surface area (Å²) in [5, 5.41) is 6.68. The average Bonchev–Trinajstić information content (AvgIpc) is 2.92. The van der Waals surface area contributed by atoms with Crippen LogP contribution < -0.4 is 20.8 Å². The molecule has 0 bridgehead atoms. The van der Waals surface area contributed by atoms with Crippen molar-refractivity contribution in [1.29, 1.82) is 0 Å². The summed E-state index contributed by atoms with van der Waals surface area (Å²) < 4.78 is 12.0. The average molecular weight is 503 g/mol. The molecule has 1 amide bonds. The van der Waals surface area contributed by atoms with Gasteiger partial charge in [-0.05, 0) is 50.4 Å². The molecular weight excluding hydrogens is 472 g/mol. The topological polar surface area (TPSA) is 80.6 Å². The predicted octanol–water partition coefficient (Wildman–Crippen LogP) is 5.28. The van der Waals surface area contributed by atoms with Crippen molar-refractivity contribution in [3.8, 4) is 17.1 Å². The molecule has 0 aliphatic heterocycles. The third-order valence-corrected chi connectivity index (χ3v) is 6.62. The highest BCUT2D eigenvalue weighted by Gasteiger charge is 2.18. The summed E-state index contributed by atoms with van der Waals surface area (Å²) in [5.41, 5.74) is 1.87. The molecule has 6 nitrogen and oxygen atoms in total. The van der Waals surface area contributed by atoms with Gasteiger partial charge in [-0.15, -0.1) is 11.8 Å². The number of benzene rings is 3. The standard InChI is InChI=1S/C29H30N2O4S/c1-20-26(32)22-12-8-13-23(28(22)35-27(20)21-10-4-3-5-11-21)29(33)31-17-9-16-30-18-19-34-24-14-6-7-15-25(24)36-2/h3-8,10-15,30H,9,16-19H2,1-2H3,(H,31,33). The maximum atomic E-state index is 13.0. The molecule has 36 heavy (non-hydrogen) atoms. The fourth-order valence-corrected chi connectivity index (χ4v) is 4.50. The molecule has 0 spiro atoms. The number of rotatable bonds is 11. The van der Waals surface area contributed by atoms with Gasteiger partial charge in [-0.3, -0.25) is 9.59 Å².